The van der Waals surface area contributed by atoms with Crippen molar-refractivity contribution >= 4 is 31.4 Å². The van der Waals surface area contributed by atoms with Crippen LogP contribution >= 0.6 is 20.8 Å². The van der Waals surface area contributed by atoms with Crippen molar-refractivity contribution in [1.29, 1.82) is 0 Å². The first kappa shape index (κ1) is 17.1. The van der Waals surface area contributed by atoms with Crippen molar-refractivity contribution in [3.05, 3.63) is 109 Å². The number of halogens is 1. The molecule has 0 nitrogen and oxygen atoms in total. The van der Waals surface area contributed by atoms with Gasteiger partial charge in [-0.15, -0.1) is 0 Å². The van der Waals surface area contributed by atoms with Crippen LogP contribution in [0.4, 0.5) is 0 Å². The summed E-state index contributed by atoms with van der Waals surface area (Å²) < 4.78 is 0. The zero-order valence-electron chi connectivity index (χ0n) is 13.7. The normalized spacial score (nSPS) is 13.0. The summed E-state index contributed by atoms with van der Waals surface area (Å²) in [6.45, 7) is 4.09. The molecule has 2 heteroatoms. The SMILES string of the molecule is C=CCP(Br)(Cc1ccccc1)(c1ccccc1)c1ccccc1. The third-order valence-electron chi connectivity index (χ3n) is 4.56. The molecule has 122 valence electrons. The molecule has 0 saturated carbocycles. The van der Waals surface area contributed by atoms with Crippen LogP contribution in [0.15, 0.2) is 104 Å². The fourth-order valence-corrected chi connectivity index (χ4v) is 10.7. The van der Waals surface area contributed by atoms with Crippen molar-refractivity contribution < 1.29 is 0 Å². The summed E-state index contributed by atoms with van der Waals surface area (Å²) in [5.41, 5.74) is 1.35. The Morgan fingerprint density at radius 1 is 0.708 bits per heavy atom. The van der Waals surface area contributed by atoms with E-state index in [-0.39, 0.29) is 0 Å². The molecule has 3 aromatic rings. The van der Waals surface area contributed by atoms with Gasteiger partial charge in [0.1, 0.15) is 0 Å². The van der Waals surface area contributed by atoms with Crippen molar-refractivity contribution in [1.82, 2.24) is 0 Å². The van der Waals surface area contributed by atoms with Crippen LogP contribution < -0.4 is 10.6 Å². The molecule has 24 heavy (non-hydrogen) atoms. The second kappa shape index (κ2) is 7.05. The summed E-state index contributed by atoms with van der Waals surface area (Å²) in [7, 11) is 0. The van der Waals surface area contributed by atoms with E-state index >= 15 is 0 Å². The first-order valence-corrected chi connectivity index (χ1v) is 12.8. The van der Waals surface area contributed by atoms with Crippen molar-refractivity contribution in [3.8, 4) is 0 Å². The Hall–Kier alpha value is -1.69. The first-order valence-electron chi connectivity index (χ1n) is 8.15. The second-order valence-electron chi connectivity index (χ2n) is 6.16. The van der Waals surface area contributed by atoms with Crippen LogP contribution in [0.3, 0.4) is 0 Å². The van der Waals surface area contributed by atoms with E-state index in [0.717, 1.165) is 12.3 Å². The van der Waals surface area contributed by atoms with Gasteiger partial charge in [-0.2, -0.15) is 0 Å². The van der Waals surface area contributed by atoms with Gasteiger partial charge in [-0.05, 0) is 0 Å². The van der Waals surface area contributed by atoms with Gasteiger partial charge in [0.15, 0.2) is 0 Å². The van der Waals surface area contributed by atoms with Crippen molar-refractivity contribution in [2.45, 2.75) is 6.16 Å². The summed E-state index contributed by atoms with van der Waals surface area (Å²) >= 11 is 4.37. The number of hydrogen-bond donors (Lipinski definition) is 0. The predicted octanol–water partition coefficient (Wildman–Crippen LogP) is 5.89. The molecule has 0 bridgehead atoms. The molecule has 0 amide bonds. The molecule has 0 atom stereocenters. The second-order valence-corrected chi connectivity index (χ2v) is 15.8. The number of hydrogen-bond acceptors (Lipinski definition) is 0. The van der Waals surface area contributed by atoms with Gasteiger partial charge in [0.2, 0.25) is 0 Å². The summed E-state index contributed by atoms with van der Waals surface area (Å²) in [5, 5.41) is 0.150. The van der Waals surface area contributed by atoms with E-state index in [2.05, 4.69) is 119 Å². The van der Waals surface area contributed by atoms with Crippen LogP contribution in [0.2, 0.25) is 0 Å². The van der Waals surface area contributed by atoms with Gasteiger partial charge in [0.05, 0.1) is 0 Å². The number of rotatable bonds is 6. The van der Waals surface area contributed by atoms with Gasteiger partial charge in [0.25, 0.3) is 0 Å². The zero-order valence-corrected chi connectivity index (χ0v) is 16.2. The summed E-state index contributed by atoms with van der Waals surface area (Å²) in [6, 6.07) is 32.5. The van der Waals surface area contributed by atoms with E-state index < -0.39 is 5.31 Å². The summed E-state index contributed by atoms with van der Waals surface area (Å²) in [4.78, 5) is 0. The van der Waals surface area contributed by atoms with Gasteiger partial charge < -0.3 is 0 Å². The Morgan fingerprint density at radius 2 is 1.12 bits per heavy atom. The Bertz CT molecular complexity index is 758. The Morgan fingerprint density at radius 3 is 1.54 bits per heavy atom. The van der Waals surface area contributed by atoms with E-state index in [4.69, 9.17) is 0 Å². The standard InChI is InChI=1S/C22H22BrP/c1-2-18-24(23,21-14-8-4-9-15-21,22-16-10-5-11-17-22)19-20-12-6-3-7-13-20/h2-17H,1,18-19H2. The topological polar surface area (TPSA) is 0 Å². The molecule has 0 spiro atoms. The van der Waals surface area contributed by atoms with Crippen molar-refractivity contribution in [3.63, 3.8) is 0 Å². The monoisotopic (exact) mass is 396 g/mol. The number of benzene rings is 3. The van der Waals surface area contributed by atoms with Crippen LogP contribution in [-0.4, -0.2) is 6.16 Å². The fourth-order valence-electron chi connectivity index (χ4n) is 3.38. The molecule has 0 saturated heterocycles. The predicted molar refractivity (Wildman–Crippen MR) is 113 cm³/mol. The average Bonchev–Trinajstić information content (AvgIpc) is 2.64. The third kappa shape index (κ3) is 3.11. The van der Waals surface area contributed by atoms with E-state index in [1.165, 1.54) is 16.2 Å². The van der Waals surface area contributed by atoms with Crippen LogP contribution in [0.25, 0.3) is 0 Å². The molecule has 0 fully saturated rings. The van der Waals surface area contributed by atoms with Gasteiger partial charge >= 0.3 is 153 Å². The van der Waals surface area contributed by atoms with E-state index in [1.807, 2.05) is 0 Å². The van der Waals surface area contributed by atoms with Gasteiger partial charge in [-0.3, -0.25) is 0 Å². The minimum absolute atomic E-state index is 0.925. The van der Waals surface area contributed by atoms with Crippen molar-refractivity contribution in [2.24, 2.45) is 0 Å². The van der Waals surface area contributed by atoms with E-state index in [9.17, 15) is 0 Å². The molecule has 0 aromatic heterocycles. The molecular formula is C22H22BrP. The van der Waals surface area contributed by atoms with Crippen LogP contribution in [0.5, 0.6) is 0 Å². The van der Waals surface area contributed by atoms with Crippen molar-refractivity contribution in [2.75, 3.05) is 6.16 Å². The maximum absolute atomic E-state index is 4.37. The molecule has 3 aromatic carbocycles. The minimum atomic E-state index is -2.60. The van der Waals surface area contributed by atoms with Gasteiger partial charge in [-0.1, -0.05) is 0 Å². The molecule has 3 rings (SSSR count). The van der Waals surface area contributed by atoms with E-state index in [1.54, 1.807) is 0 Å². The van der Waals surface area contributed by atoms with Crippen LogP contribution in [-0.2, 0) is 6.16 Å². The molecule has 0 radical (unpaired) electrons. The van der Waals surface area contributed by atoms with E-state index in [0.29, 0.717) is 0 Å². The van der Waals surface area contributed by atoms with Gasteiger partial charge in [-0.25, -0.2) is 0 Å². The molecule has 0 heterocycles. The quantitative estimate of drug-likeness (QED) is 0.360. The third-order valence-corrected chi connectivity index (χ3v) is 13.6. The average molecular weight is 397 g/mol. The maximum atomic E-state index is 4.37. The molecule has 0 aliphatic rings. The Kier molecular flexibility index (Phi) is 5.04. The fraction of sp³-hybridized carbons (Fsp3) is 0.0909. The Balaban J connectivity index is 2.27. The van der Waals surface area contributed by atoms with Gasteiger partial charge in [0, 0.05) is 0 Å². The van der Waals surface area contributed by atoms with Crippen LogP contribution in [0.1, 0.15) is 5.56 Å². The van der Waals surface area contributed by atoms with Crippen LogP contribution in [0, 0.1) is 0 Å². The molecule has 0 aliphatic heterocycles. The molecule has 0 unspecified atom stereocenters. The summed E-state index contributed by atoms with van der Waals surface area (Å²) in [6.07, 6.45) is 3.97. The molecule has 0 N–H and O–H groups in total. The number of allylic oxidation sites excluding steroid dienone is 1. The first-order chi connectivity index (χ1) is 11.7. The zero-order chi connectivity index (χ0) is 16.9. The molecular weight excluding hydrogens is 375 g/mol. The Labute approximate surface area is 152 Å². The molecule has 0 aliphatic carbocycles. The summed E-state index contributed by atoms with van der Waals surface area (Å²) in [5.74, 6) is 0.